The second kappa shape index (κ2) is 4.58. The van der Waals surface area contributed by atoms with Crippen molar-refractivity contribution in [3.05, 3.63) is 35.4 Å². The number of hydrogen-bond donors (Lipinski definition) is 1. The highest BCUT2D eigenvalue weighted by Gasteiger charge is 2.61. The van der Waals surface area contributed by atoms with E-state index in [2.05, 4.69) is 41.2 Å². The molecule has 1 saturated heterocycles. The Kier molecular flexibility index (Phi) is 2.73. The lowest BCUT2D eigenvalue weighted by atomic mass is 9.55. The van der Waals surface area contributed by atoms with Crippen LogP contribution in [0.4, 0.5) is 0 Å². The highest BCUT2D eigenvalue weighted by Crippen LogP contribution is 2.60. The van der Waals surface area contributed by atoms with Crippen LogP contribution in [-0.2, 0) is 6.42 Å². The predicted octanol–water partition coefficient (Wildman–Crippen LogP) is 3.62. The van der Waals surface area contributed by atoms with Crippen LogP contribution >= 0.6 is 0 Å². The van der Waals surface area contributed by atoms with Crippen LogP contribution in [0.25, 0.3) is 0 Å². The SMILES string of the molecule is CC1Cc2ccccc2C2CC(=NO)C3C4CCCC4C3N12. The maximum absolute atomic E-state index is 9.61. The molecule has 1 aromatic carbocycles. The van der Waals surface area contributed by atoms with E-state index in [1.165, 1.54) is 36.8 Å². The molecule has 0 bridgehead atoms. The van der Waals surface area contributed by atoms with Crippen molar-refractivity contribution in [2.45, 2.75) is 57.2 Å². The molecular formula is C19H24N2O. The number of oxime groups is 1. The molecule has 3 heteroatoms. The van der Waals surface area contributed by atoms with E-state index in [4.69, 9.17) is 0 Å². The zero-order valence-electron chi connectivity index (χ0n) is 13.2. The summed E-state index contributed by atoms with van der Waals surface area (Å²) in [6.07, 6.45) is 6.17. The maximum Gasteiger partial charge on any atom is 0.0639 e. The molecule has 1 N–H and O–H groups in total. The van der Waals surface area contributed by atoms with Gasteiger partial charge in [-0.2, -0.15) is 0 Å². The highest BCUT2D eigenvalue weighted by atomic mass is 16.4. The van der Waals surface area contributed by atoms with Gasteiger partial charge in [0.05, 0.1) is 5.71 Å². The van der Waals surface area contributed by atoms with Crippen molar-refractivity contribution in [2.75, 3.05) is 0 Å². The molecular weight excluding hydrogens is 272 g/mol. The van der Waals surface area contributed by atoms with Crippen LogP contribution in [-0.4, -0.2) is 27.9 Å². The molecule has 2 aliphatic carbocycles. The topological polar surface area (TPSA) is 35.8 Å². The Morgan fingerprint density at radius 2 is 1.95 bits per heavy atom. The molecule has 6 unspecified atom stereocenters. The predicted molar refractivity (Wildman–Crippen MR) is 86.1 cm³/mol. The summed E-state index contributed by atoms with van der Waals surface area (Å²) in [4.78, 5) is 2.80. The van der Waals surface area contributed by atoms with Crippen LogP contribution in [0.1, 0.15) is 49.8 Å². The molecule has 0 amide bonds. The molecule has 116 valence electrons. The maximum atomic E-state index is 9.61. The molecule has 1 aromatic rings. The molecule has 3 fully saturated rings. The Labute approximate surface area is 132 Å². The lowest BCUT2D eigenvalue weighted by Crippen LogP contribution is -2.67. The Bertz CT molecular complexity index is 640. The van der Waals surface area contributed by atoms with Crippen LogP contribution in [0, 0.1) is 17.8 Å². The Morgan fingerprint density at radius 3 is 2.82 bits per heavy atom. The molecule has 4 aliphatic rings. The van der Waals surface area contributed by atoms with Gasteiger partial charge in [-0.25, -0.2) is 0 Å². The van der Waals surface area contributed by atoms with Gasteiger partial charge in [0, 0.05) is 30.5 Å². The van der Waals surface area contributed by atoms with Gasteiger partial charge in [0.15, 0.2) is 0 Å². The van der Waals surface area contributed by atoms with Crippen molar-refractivity contribution in [3.63, 3.8) is 0 Å². The minimum absolute atomic E-state index is 0.425. The fraction of sp³-hybridized carbons (Fsp3) is 0.632. The normalized spacial score (nSPS) is 44.7. The third kappa shape index (κ3) is 1.53. The van der Waals surface area contributed by atoms with Crippen LogP contribution in [0.3, 0.4) is 0 Å². The van der Waals surface area contributed by atoms with Crippen molar-refractivity contribution in [3.8, 4) is 0 Å². The fourth-order valence-corrected chi connectivity index (χ4v) is 6.21. The second-order valence-corrected chi connectivity index (χ2v) is 7.79. The lowest BCUT2D eigenvalue weighted by Gasteiger charge is -2.62. The van der Waals surface area contributed by atoms with Crippen LogP contribution in [0.2, 0.25) is 0 Å². The summed E-state index contributed by atoms with van der Waals surface area (Å²) < 4.78 is 0. The molecule has 2 aliphatic heterocycles. The first-order valence-corrected chi connectivity index (χ1v) is 8.85. The summed E-state index contributed by atoms with van der Waals surface area (Å²) >= 11 is 0. The molecule has 0 aromatic heterocycles. The molecule has 0 radical (unpaired) electrons. The zero-order valence-corrected chi connectivity index (χ0v) is 13.2. The van der Waals surface area contributed by atoms with Crippen molar-refractivity contribution >= 4 is 5.71 Å². The molecule has 22 heavy (non-hydrogen) atoms. The van der Waals surface area contributed by atoms with E-state index >= 15 is 0 Å². The first kappa shape index (κ1) is 13.1. The summed E-state index contributed by atoms with van der Waals surface area (Å²) in [6, 6.07) is 10.5. The smallest absolute Gasteiger partial charge is 0.0639 e. The van der Waals surface area contributed by atoms with Gasteiger partial charge >= 0.3 is 0 Å². The Morgan fingerprint density at radius 1 is 1.14 bits per heavy atom. The Hall–Kier alpha value is -1.35. The van der Waals surface area contributed by atoms with Gasteiger partial charge in [-0.3, -0.25) is 4.90 Å². The quantitative estimate of drug-likeness (QED) is 0.586. The number of nitrogens with zero attached hydrogens (tertiary/aromatic N) is 2. The van der Waals surface area contributed by atoms with Crippen molar-refractivity contribution < 1.29 is 5.21 Å². The van der Waals surface area contributed by atoms with Crippen LogP contribution in [0.15, 0.2) is 29.4 Å². The van der Waals surface area contributed by atoms with Crippen molar-refractivity contribution in [1.29, 1.82) is 0 Å². The lowest BCUT2D eigenvalue weighted by molar-refractivity contribution is -0.0794. The monoisotopic (exact) mass is 296 g/mol. The van der Waals surface area contributed by atoms with Crippen molar-refractivity contribution in [2.24, 2.45) is 22.9 Å². The van der Waals surface area contributed by atoms with Gasteiger partial charge < -0.3 is 5.21 Å². The first-order chi connectivity index (χ1) is 10.8. The number of rotatable bonds is 0. The van der Waals surface area contributed by atoms with E-state index < -0.39 is 0 Å². The van der Waals surface area contributed by atoms with Crippen LogP contribution < -0.4 is 0 Å². The molecule has 5 rings (SSSR count). The van der Waals surface area contributed by atoms with Crippen LogP contribution in [0.5, 0.6) is 0 Å². The fourth-order valence-electron chi connectivity index (χ4n) is 6.21. The number of hydrogen-bond acceptors (Lipinski definition) is 3. The van der Waals surface area contributed by atoms with E-state index in [9.17, 15) is 5.21 Å². The van der Waals surface area contributed by atoms with Gasteiger partial charge in [-0.1, -0.05) is 35.8 Å². The summed E-state index contributed by atoms with van der Waals surface area (Å²) in [5.74, 6) is 2.17. The van der Waals surface area contributed by atoms with E-state index in [0.29, 0.717) is 24.0 Å². The van der Waals surface area contributed by atoms with E-state index in [0.717, 1.165) is 24.0 Å². The average Bonchev–Trinajstić information content (AvgIpc) is 2.94. The van der Waals surface area contributed by atoms with Gasteiger partial charge in [0.1, 0.15) is 0 Å². The number of fused-ring (bicyclic) bond motifs is 8. The van der Waals surface area contributed by atoms with Gasteiger partial charge in [-0.05, 0) is 49.1 Å². The molecule has 3 nitrogen and oxygen atoms in total. The Balaban J connectivity index is 1.60. The standard InChI is InChI=1S/C19H24N2O/c1-11-9-12-5-2-3-6-13(12)17-10-16(20-22)18-14-7-4-8-15(14)19(18)21(11)17/h2-3,5-6,11,14-15,17-19,22H,4,7-10H2,1H3. The molecule has 6 atom stereocenters. The summed E-state index contributed by atoms with van der Waals surface area (Å²) in [6.45, 7) is 2.39. The van der Waals surface area contributed by atoms with Gasteiger partial charge in [0.2, 0.25) is 0 Å². The van der Waals surface area contributed by atoms with E-state index in [1.54, 1.807) is 0 Å². The molecule has 2 saturated carbocycles. The van der Waals surface area contributed by atoms with Gasteiger partial charge in [-0.15, -0.1) is 0 Å². The van der Waals surface area contributed by atoms with Crippen molar-refractivity contribution in [1.82, 2.24) is 4.90 Å². The molecule has 2 heterocycles. The second-order valence-electron chi connectivity index (χ2n) is 7.79. The first-order valence-electron chi connectivity index (χ1n) is 8.85. The van der Waals surface area contributed by atoms with E-state index in [-0.39, 0.29) is 0 Å². The third-order valence-electron chi connectivity index (χ3n) is 6.95. The minimum atomic E-state index is 0.425. The highest BCUT2D eigenvalue weighted by molar-refractivity contribution is 5.90. The van der Waals surface area contributed by atoms with Gasteiger partial charge in [0.25, 0.3) is 0 Å². The molecule has 0 spiro atoms. The number of piperidine rings is 1. The largest absolute Gasteiger partial charge is 0.411 e. The average molecular weight is 296 g/mol. The summed E-state index contributed by atoms with van der Waals surface area (Å²) in [5, 5.41) is 13.4. The third-order valence-corrected chi connectivity index (χ3v) is 6.95. The minimum Gasteiger partial charge on any atom is -0.411 e. The summed E-state index contributed by atoms with van der Waals surface area (Å²) in [7, 11) is 0. The number of benzene rings is 1. The van der Waals surface area contributed by atoms with E-state index in [1.807, 2.05) is 0 Å². The summed E-state index contributed by atoms with van der Waals surface area (Å²) in [5.41, 5.74) is 4.05. The zero-order chi connectivity index (χ0) is 14.8.